The summed E-state index contributed by atoms with van der Waals surface area (Å²) in [6.45, 7) is -0.379. The van der Waals surface area contributed by atoms with Gasteiger partial charge in [-0.3, -0.25) is 14.2 Å². The van der Waals surface area contributed by atoms with Crippen LogP contribution < -0.4 is 9.47 Å². The Labute approximate surface area is 206 Å². The molecule has 0 spiro atoms. The molecule has 3 aromatic carbocycles. The maximum atomic E-state index is 12.5. The summed E-state index contributed by atoms with van der Waals surface area (Å²) in [6.07, 6.45) is 0. The van der Waals surface area contributed by atoms with Gasteiger partial charge in [-0.1, -0.05) is 60.3 Å². The van der Waals surface area contributed by atoms with Gasteiger partial charge in [0.2, 0.25) is 0 Å². The number of aromatic nitrogens is 3. The van der Waals surface area contributed by atoms with Gasteiger partial charge < -0.3 is 14.2 Å². The Morgan fingerprint density at radius 3 is 2.23 bits per heavy atom. The van der Waals surface area contributed by atoms with Crippen molar-refractivity contribution in [2.24, 2.45) is 0 Å². The predicted molar refractivity (Wildman–Crippen MR) is 132 cm³/mol. The highest BCUT2D eigenvalue weighted by Crippen LogP contribution is 2.29. The summed E-state index contributed by atoms with van der Waals surface area (Å²) in [5, 5.41) is 9.18. The topological polar surface area (TPSA) is 92.5 Å². The molecule has 0 unspecified atom stereocenters. The summed E-state index contributed by atoms with van der Waals surface area (Å²) in [6, 6.07) is 24.1. The number of methoxy groups -OCH3 is 2. The number of esters is 1. The van der Waals surface area contributed by atoms with Gasteiger partial charge in [-0.15, -0.1) is 10.2 Å². The summed E-state index contributed by atoms with van der Waals surface area (Å²) in [7, 11) is 3.00. The number of rotatable bonds is 10. The molecule has 0 atom stereocenters. The third-order valence-corrected chi connectivity index (χ3v) is 5.97. The summed E-state index contributed by atoms with van der Waals surface area (Å²) in [5.41, 5.74) is 2.13. The van der Waals surface area contributed by atoms with Crippen LogP contribution in [-0.4, -0.2) is 53.1 Å². The number of ketones is 1. The fraction of sp³-hybridized carbons (Fsp3) is 0.154. The fourth-order valence-electron chi connectivity index (χ4n) is 3.35. The molecule has 4 rings (SSSR count). The van der Waals surface area contributed by atoms with Crippen molar-refractivity contribution in [3.8, 4) is 28.6 Å². The molecule has 9 heteroatoms. The molecule has 0 saturated carbocycles. The van der Waals surface area contributed by atoms with Crippen molar-refractivity contribution in [2.75, 3.05) is 26.6 Å². The number of carbonyl (C=O) groups is 2. The van der Waals surface area contributed by atoms with E-state index in [4.69, 9.17) is 14.2 Å². The van der Waals surface area contributed by atoms with Gasteiger partial charge in [0.15, 0.2) is 34.9 Å². The van der Waals surface area contributed by atoms with Gasteiger partial charge in [-0.2, -0.15) is 0 Å². The number of para-hydroxylation sites is 1. The number of hydrogen-bond donors (Lipinski definition) is 0. The maximum Gasteiger partial charge on any atom is 0.316 e. The van der Waals surface area contributed by atoms with Crippen LogP contribution in [-0.2, 0) is 9.53 Å². The highest BCUT2D eigenvalue weighted by molar-refractivity contribution is 7.99. The molecule has 1 aromatic heterocycles. The van der Waals surface area contributed by atoms with Crippen molar-refractivity contribution in [1.29, 1.82) is 0 Å². The molecular formula is C26H23N3O5S. The predicted octanol–water partition coefficient (Wildman–Crippen LogP) is 4.47. The van der Waals surface area contributed by atoms with Crippen LogP contribution in [0.1, 0.15) is 10.4 Å². The molecule has 0 bridgehead atoms. The average Bonchev–Trinajstić information content (AvgIpc) is 3.35. The molecular weight excluding hydrogens is 466 g/mol. The molecule has 0 fully saturated rings. The molecule has 1 heterocycles. The lowest BCUT2D eigenvalue weighted by molar-refractivity contribution is -0.139. The first-order valence-electron chi connectivity index (χ1n) is 10.7. The second-order valence-electron chi connectivity index (χ2n) is 7.29. The lowest BCUT2D eigenvalue weighted by Crippen LogP contribution is -2.16. The van der Waals surface area contributed by atoms with Crippen molar-refractivity contribution >= 4 is 23.5 Å². The Morgan fingerprint density at radius 1 is 0.857 bits per heavy atom. The highest BCUT2D eigenvalue weighted by Gasteiger charge is 2.18. The molecule has 178 valence electrons. The maximum absolute atomic E-state index is 12.5. The first-order valence-corrected chi connectivity index (χ1v) is 11.7. The van der Waals surface area contributed by atoms with Crippen molar-refractivity contribution in [3.63, 3.8) is 0 Å². The lowest BCUT2D eigenvalue weighted by atomic mass is 10.1. The molecule has 0 N–H and O–H groups in total. The van der Waals surface area contributed by atoms with Crippen LogP contribution in [0.5, 0.6) is 11.5 Å². The molecule has 35 heavy (non-hydrogen) atoms. The molecule has 8 nitrogen and oxygen atoms in total. The Kier molecular flexibility index (Phi) is 7.79. The highest BCUT2D eigenvalue weighted by atomic mass is 32.2. The van der Waals surface area contributed by atoms with Gasteiger partial charge in [0, 0.05) is 16.8 Å². The van der Waals surface area contributed by atoms with Crippen molar-refractivity contribution in [3.05, 3.63) is 84.4 Å². The Balaban J connectivity index is 1.43. The van der Waals surface area contributed by atoms with E-state index in [2.05, 4.69) is 10.2 Å². The molecule has 0 saturated heterocycles. The molecule has 4 aromatic rings. The monoisotopic (exact) mass is 489 g/mol. The number of Topliss-reactive ketones (excluding diaryl/α,β-unsaturated/α-hetero) is 1. The minimum absolute atomic E-state index is 0.0288. The number of nitrogens with zero attached hydrogens (tertiary/aromatic N) is 3. The Hall–Kier alpha value is -4.11. The van der Waals surface area contributed by atoms with Gasteiger partial charge in [0.05, 0.1) is 20.0 Å². The zero-order chi connectivity index (χ0) is 24.6. The first kappa shape index (κ1) is 24.0. The summed E-state index contributed by atoms with van der Waals surface area (Å²) in [4.78, 5) is 24.9. The SMILES string of the molecule is COc1ccc(C(=O)COC(=O)CSc2nnc(-c3ccccc3)n2-c2ccccc2)cc1OC. The molecule has 0 aliphatic carbocycles. The smallest absolute Gasteiger partial charge is 0.316 e. The van der Waals surface area contributed by atoms with Crippen LogP contribution in [0.25, 0.3) is 17.1 Å². The lowest BCUT2D eigenvalue weighted by Gasteiger charge is -2.10. The number of hydrogen-bond acceptors (Lipinski definition) is 8. The largest absolute Gasteiger partial charge is 0.493 e. The van der Waals surface area contributed by atoms with Crippen LogP contribution in [0.15, 0.2) is 84.0 Å². The number of ether oxygens (including phenoxy) is 3. The first-order chi connectivity index (χ1) is 17.1. The van der Waals surface area contributed by atoms with Crippen LogP contribution in [0.3, 0.4) is 0 Å². The standard InChI is InChI=1S/C26H23N3O5S/c1-32-22-14-13-19(15-23(22)33-2)21(30)16-34-24(31)17-35-26-28-27-25(18-9-5-3-6-10-18)29(26)20-11-7-4-8-12-20/h3-15H,16-17H2,1-2H3. The molecule has 0 aliphatic rings. The van der Waals surface area contributed by atoms with E-state index in [0.29, 0.717) is 28.0 Å². The van der Waals surface area contributed by atoms with E-state index in [1.807, 2.05) is 65.2 Å². The Bertz CT molecular complexity index is 1310. The second kappa shape index (κ2) is 11.3. The number of benzene rings is 3. The summed E-state index contributed by atoms with van der Waals surface area (Å²) >= 11 is 1.19. The third kappa shape index (κ3) is 5.70. The minimum Gasteiger partial charge on any atom is -0.493 e. The van der Waals surface area contributed by atoms with E-state index in [0.717, 1.165) is 11.3 Å². The van der Waals surface area contributed by atoms with Crippen molar-refractivity contribution < 1.29 is 23.8 Å². The van der Waals surface area contributed by atoms with E-state index < -0.39 is 5.97 Å². The second-order valence-corrected chi connectivity index (χ2v) is 8.23. The van der Waals surface area contributed by atoms with Gasteiger partial charge >= 0.3 is 5.97 Å². The summed E-state index contributed by atoms with van der Waals surface area (Å²) < 4.78 is 17.5. The average molecular weight is 490 g/mol. The van der Waals surface area contributed by atoms with Crippen molar-refractivity contribution in [1.82, 2.24) is 14.8 Å². The number of thioether (sulfide) groups is 1. The van der Waals surface area contributed by atoms with Crippen LogP contribution in [0.2, 0.25) is 0 Å². The van der Waals surface area contributed by atoms with Crippen LogP contribution >= 0.6 is 11.8 Å². The van der Waals surface area contributed by atoms with E-state index in [9.17, 15) is 9.59 Å². The van der Waals surface area contributed by atoms with Gasteiger partial charge in [-0.05, 0) is 30.3 Å². The number of carbonyl (C=O) groups excluding carboxylic acids is 2. The van der Waals surface area contributed by atoms with Gasteiger partial charge in [-0.25, -0.2) is 0 Å². The van der Waals surface area contributed by atoms with E-state index in [-0.39, 0.29) is 18.1 Å². The normalized spacial score (nSPS) is 10.6. The van der Waals surface area contributed by atoms with Crippen LogP contribution in [0.4, 0.5) is 0 Å². The zero-order valence-corrected chi connectivity index (χ0v) is 20.0. The van der Waals surface area contributed by atoms with E-state index >= 15 is 0 Å². The fourth-order valence-corrected chi connectivity index (χ4v) is 4.10. The molecule has 0 aliphatic heterocycles. The zero-order valence-electron chi connectivity index (χ0n) is 19.2. The molecule has 0 amide bonds. The van der Waals surface area contributed by atoms with Crippen LogP contribution in [0, 0.1) is 0 Å². The van der Waals surface area contributed by atoms with Gasteiger partial charge in [0.25, 0.3) is 0 Å². The third-order valence-electron chi connectivity index (χ3n) is 5.07. The van der Waals surface area contributed by atoms with Gasteiger partial charge in [0.1, 0.15) is 0 Å². The van der Waals surface area contributed by atoms with E-state index in [1.165, 1.54) is 26.0 Å². The minimum atomic E-state index is -0.535. The Morgan fingerprint density at radius 2 is 1.54 bits per heavy atom. The molecule has 0 radical (unpaired) electrons. The summed E-state index contributed by atoms with van der Waals surface area (Å²) in [5.74, 6) is 0.690. The quantitative estimate of drug-likeness (QED) is 0.183. The van der Waals surface area contributed by atoms with Crippen molar-refractivity contribution in [2.45, 2.75) is 5.16 Å². The van der Waals surface area contributed by atoms with E-state index in [1.54, 1.807) is 18.2 Å².